The minimum Gasteiger partial charge on any atom is -0.356 e. The molecule has 0 aliphatic heterocycles. The Morgan fingerprint density at radius 3 is 2.40 bits per heavy atom. The normalized spacial score (nSPS) is 11.1. The summed E-state index contributed by atoms with van der Waals surface area (Å²) < 4.78 is 39.2. The van der Waals surface area contributed by atoms with Crippen molar-refractivity contribution in [2.75, 3.05) is 23.7 Å². The highest BCUT2D eigenvalue weighted by Crippen LogP contribution is 2.15. The van der Waals surface area contributed by atoms with Crippen LogP contribution in [0.5, 0.6) is 0 Å². The number of nitrogens with one attached hydrogen (secondary N) is 1. The van der Waals surface area contributed by atoms with Crippen molar-refractivity contribution in [3.63, 3.8) is 0 Å². The van der Waals surface area contributed by atoms with E-state index in [0.29, 0.717) is 17.7 Å². The first-order valence-corrected chi connectivity index (χ1v) is 9.53. The quantitative estimate of drug-likeness (QED) is 0.782. The summed E-state index contributed by atoms with van der Waals surface area (Å²) in [4.78, 5) is 11.8. The van der Waals surface area contributed by atoms with Gasteiger partial charge in [-0.3, -0.25) is 9.10 Å². The fourth-order valence-electron chi connectivity index (χ4n) is 2.28. The Labute approximate surface area is 147 Å². The van der Waals surface area contributed by atoms with E-state index in [1.807, 2.05) is 0 Å². The number of anilines is 1. The van der Waals surface area contributed by atoms with Crippen molar-refractivity contribution in [3.8, 4) is 0 Å². The molecule has 7 heteroatoms. The lowest BCUT2D eigenvalue weighted by atomic mass is 10.1. The number of hydrogen-bond donors (Lipinski definition) is 1. The maximum Gasteiger partial charge on any atom is 0.235 e. The summed E-state index contributed by atoms with van der Waals surface area (Å²) in [6.07, 6.45) is 0.214. The summed E-state index contributed by atoms with van der Waals surface area (Å²) in [5, 5.41) is 2.62. The van der Waals surface area contributed by atoms with Gasteiger partial charge in [0.1, 0.15) is 5.82 Å². The van der Waals surface area contributed by atoms with Crippen LogP contribution in [-0.2, 0) is 21.2 Å². The van der Waals surface area contributed by atoms with E-state index in [1.165, 1.54) is 17.4 Å². The molecular weight excluding hydrogens is 343 g/mol. The zero-order valence-corrected chi connectivity index (χ0v) is 14.8. The van der Waals surface area contributed by atoms with Crippen molar-refractivity contribution in [2.24, 2.45) is 0 Å². The van der Waals surface area contributed by atoms with Crippen molar-refractivity contribution >= 4 is 21.6 Å². The highest BCUT2D eigenvalue weighted by molar-refractivity contribution is 7.92. The first-order chi connectivity index (χ1) is 11.9. The average Bonchev–Trinajstić information content (AvgIpc) is 2.62. The van der Waals surface area contributed by atoms with Gasteiger partial charge in [0.25, 0.3) is 0 Å². The topological polar surface area (TPSA) is 66.5 Å². The zero-order chi connectivity index (χ0) is 18.3. The molecule has 0 radical (unpaired) electrons. The highest BCUT2D eigenvalue weighted by atomic mass is 32.2. The average molecular weight is 364 g/mol. The van der Waals surface area contributed by atoms with Crippen LogP contribution in [-0.4, -0.2) is 33.7 Å². The summed E-state index contributed by atoms with van der Waals surface area (Å²) in [6, 6.07) is 15.0. The molecule has 2 aromatic rings. The molecule has 0 heterocycles. The third-order valence-electron chi connectivity index (χ3n) is 3.80. The zero-order valence-electron chi connectivity index (χ0n) is 14.0. The second-order valence-corrected chi connectivity index (χ2v) is 7.68. The molecule has 0 aliphatic rings. The number of rotatable bonds is 8. The molecule has 0 aliphatic carbocycles. The van der Waals surface area contributed by atoms with Crippen molar-refractivity contribution in [2.45, 2.75) is 12.8 Å². The van der Waals surface area contributed by atoms with Gasteiger partial charge in [-0.1, -0.05) is 36.4 Å². The van der Waals surface area contributed by atoms with Gasteiger partial charge in [0, 0.05) is 20.0 Å². The molecule has 0 aromatic heterocycles. The number of sulfonamides is 1. The van der Waals surface area contributed by atoms with E-state index in [-0.39, 0.29) is 30.4 Å². The molecule has 0 bridgehead atoms. The van der Waals surface area contributed by atoms with Gasteiger partial charge in [-0.2, -0.15) is 0 Å². The number of benzene rings is 2. The molecular formula is C18H21FN2O3S. The molecule has 5 nitrogen and oxygen atoms in total. The monoisotopic (exact) mass is 364 g/mol. The summed E-state index contributed by atoms with van der Waals surface area (Å²) in [5.74, 6) is -0.977. The molecule has 25 heavy (non-hydrogen) atoms. The van der Waals surface area contributed by atoms with E-state index in [1.54, 1.807) is 48.5 Å². The van der Waals surface area contributed by atoms with E-state index >= 15 is 0 Å². The minimum absolute atomic E-state index is 0.142. The fourth-order valence-corrected chi connectivity index (χ4v) is 3.44. The smallest absolute Gasteiger partial charge is 0.235 e. The van der Waals surface area contributed by atoms with E-state index in [0.717, 1.165) is 0 Å². The van der Waals surface area contributed by atoms with Gasteiger partial charge < -0.3 is 5.32 Å². The van der Waals surface area contributed by atoms with E-state index < -0.39 is 10.0 Å². The Hall–Kier alpha value is -2.41. The largest absolute Gasteiger partial charge is 0.356 e. The second-order valence-electron chi connectivity index (χ2n) is 5.56. The van der Waals surface area contributed by atoms with Crippen LogP contribution in [0, 0.1) is 5.82 Å². The standard InChI is InChI=1S/C18H21FN2O3S/c1-21(16-8-3-2-4-9-16)25(23,24)14-12-18(22)20-13-11-15-7-5-6-10-17(15)19/h2-10H,11-14H2,1H3,(H,20,22). The molecule has 0 fully saturated rings. The third-order valence-corrected chi connectivity index (χ3v) is 5.56. The van der Waals surface area contributed by atoms with Gasteiger partial charge in [0.15, 0.2) is 0 Å². The number of carbonyl (C=O) groups excluding carboxylic acids is 1. The maximum absolute atomic E-state index is 13.5. The molecule has 0 atom stereocenters. The lowest BCUT2D eigenvalue weighted by Crippen LogP contribution is -2.33. The number of para-hydroxylation sites is 1. The van der Waals surface area contributed by atoms with Crippen LogP contribution in [0.2, 0.25) is 0 Å². The van der Waals surface area contributed by atoms with Gasteiger partial charge in [-0.25, -0.2) is 12.8 Å². The lowest BCUT2D eigenvalue weighted by molar-refractivity contribution is -0.120. The van der Waals surface area contributed by atoms with E-state index in [9.17, 15) is 17.6 Å². The van der Waals surface area contributed by atoms with Crippen LogP contribution in [0.3, 0.4) is 0 Å². The molecule has 0 saturated carbocycles. The molecule has 0 unspecified atom stereocenters. The molecule has 2 aromatic carbocycles. The number of carbonyl (C=O) groups is 1. The van der Waals surface area contributed by atoms with Crippen LogP contribution in [0.1, 0.15) is 12.0 Å². The Morgan fingerprint density at radius 2 is 1.72 bits per heavy atom. The molecule has 134 valence electrons. The summed E-state index contributed by atoms with van der Waals surface area (Å²) in [7, 11) is -2.12. The first kappa shape index (κ1) is 18.9. The van der Waals surface area contributed by atoms with Crippen LogP contribution in [0.4, 0.5) is 10.1 Å². The Bertz CT molecular complexity index is 810. The van der Waals surface area contributed by atoms with Gasteiger partial charge in [-0.15, -0.1) is 0 Å². The van der Waals surface area contributed by atoms with Crippen LogP contribution in [0.15, 0.2) is 54.6 Å². The highest BCUT2D eigenvalue weighted by Gasteiger charge is 2.19. The van der Waals surface area contributed by atoms with Crippen molar-refractivity contribution in [1.29, 1.82) is 0 Å². The Morgan fingerprint density at radius 1 is 1.08 bits per heavy atom. The van der Waals surface area contributed by atoms with Crippen molar-refractivity contribution in [1.82, 2.24) is 5.32 Å². The number of hydrogen-bond acceptors (Lipinski definition) is 3. The van der Waals surface area contributed by atoms with Gasteiger partial charge in [0.05, 0.1) is 11.4 Å². The van der Waals surface area contributed by atoms with Gasteiger partial charge >= 0.3 is 0 Å². The summed E-state index contributed by atoms with van der Waals surface area (Å²) in [5.41, 5.74) is 1.06. The molecule has 2 rings (SSSR count). The summed E-state index contributed by atoms with van der Waals surface area (Å²) >= 11 is 0. The number of halogens is 1. The molecule has 1 N–H and O–H groups in total. The Kier molecular flexibility index (Phi) is 6.52. The fraction of sp³-hybridized carbons (Fsp3) is 0.278. The second kappa shape index (κ2) is 8.62. The predicted octanol–water partition coefficient (Wildman–Crippen LogP) is 2.34. The van der Waals surface area contributed by atoms with Crippen LogP contribution < -0.4 is 9.62 Å². The Balaban J connectivity index is 1.80. The SMILES string of the molecule is CN(c1ccccc1)S(=O)(=O)CCC(=O)NCCc1ccccc1F. The molecule has 0 spiro atoms. The first-order valence-electron chi connectivity index (χ1n) is 7.92. The number of nitrogens with zero attached hydrogens (tertiary/aromatic N) is 1. The van der Waals surface area contributed by atoms with Crippen molar-refractivity contribution in [3.05, 3.63) is 66.0 Å². The van der Waals surface area contributed by atoms with Crippen LogP contribution in [0.25, 0.3) is 0 Å². The van der Waals surface area contributed by atoms with Gasteiger partial charge in [0.2, 0.25) is 15.9 Å². The predicted molar refractivity (Wildman–Crippen MR) is 96.4 cm³/mol. The minimum atomic E-state index is -3.58. The third kappa shape index (κ3) is 5.56. The molecule has 0 saturated heterocycles. The van der Waals surface area contributed by atoms with Crippen molar-refractivity contribution < 1.29 is 17.6 Å². The van der Waals surface area contributed by atoms with Crippen LogP contribution >= 0.6 is 0 Å². The lowest BCUT2D eigenvalue weighted by Gasteiger charge is -2.19. The maximum atomic E-state index is 13.5. The van der Waals surface area contributed by atoms with Gasteiger partial charge in [-0.05, 0) is 30.2 Å². The van der Waals surface area contributed by atoms with E-state index in [2.05, 4.69) is 5.32 Å². The number of amides is 1. The van der Waals surface area contributed by atoms with E-state index in [4.69, 9.17) is 0 Å². The molecule has 1 amide bonds. The summed E-state index contributed by atoms with van der Waals surface area (Å²) in [6.45, 7) is 0.258.